The Hall–Kier alpha value is -2.50. The van der Waals surface area contributed by atoms with Crippen LogP contribution in [0.5, 0.6) is 0 Å². The first kappa shape index (κ1) is 16.4. The maximum Gasteiger partial charge on any atom is 0.290 e. The van der Waals surface area contributed by atoms with Crippen LogP contribution in [0, 0.1) is 11.7 Å². The summed E-state index contributed by atoms with van der Waals surface area (Å²) in [5, 5.41) is 0. The van der Waals surface area contributed by atoms with Crippen LogP contribution < -0.4 is 0 Å². The third-order valence-electron chi connectivity index (χ3n) is 4.56. The number of ketones is 1. The molecule has 0 saturated carbocycles. The molecule has 2 aromatic rings. The molecule has 5 nitrogen and oxygen atoms in total. The number of Topliss-reactive ketones (excluding diaryl/α,β-unsaturated/α-hetero) is 1. The largest absolute Gasteiger partial charge is 0.337 e. The molecule has 3 rings (SSSR count). The Kier molecular flexibility index (Phi) is 4.74. The minimum Gasteiger partial charge on any atom is -0.337 e. The van der Waals surface area contributed by atoms with E-state index in [2.05, 4.69) is 4.98 Å². The number of carbonyl (C=O) groups is 2. The van der Waals surface area contributed by atoms with Crippen LogP contribution in [0.25, 0.3) is 0 Å². The van der Waals surface area contributed by atoms with Crippen molar-refractivity contribution < 1.29 is 14.0 Å². The zero-order chi connectivity index (χ0) is 17.1. The lowest BCUT2D eigenvalue weighted by Crippen LogP contribution is -2.31. The molecule has 24 heavy (non-hydrogen) atoms. The maximum atomic E-state index is 14.3. The fourth-order valence-electron chi connectivity index (χ4n) is 3.38. The predicted molar refractivity (Wildman–Crippen MR) is 86.5 cm³/mol. The average Bonchev–Trinajstić information content (AvgIpc) is 3.17. The molecule has 0 aliphatic carbocycles. The van der Waals surface area contributed by atoms with Gasteiger partial charge in [0.15, 0.2) is 0 Å². The second-order valence-electron chi connectivity index (χ2n) is 6.00. The molecule has 1 aromatic heterocycles. The minimum atomic E-state index is -0.515. The van der Waals surface area contributed by atoms with E-state index in [1.165, 1.54) is 11.0 Å². The highest BCUT2D eigenvalue weighted by Crippen LogP contribution is 2.38. The minimum absolute atomic E-state index is 0.372. The number of hydrogen-bond acceptors (Lipinski definition) is 3. The standard InChI is InChI=1S/C18H20FN3O2/c1-2-13-16(14-6-3-4-7-15(14)19)22(18(24)17(13)23)10-5-9-21-11-8-20-12-21/h3-4,6-8,11-13,16H,2,5,9-10H2,1H3. The van der Waals surface area contributed by atoms with Crippen molar-refractivity contribution in [1.29, 1.82) is 0 Å². The molecule has 0 radical (unpaired) electrons. The van der Waals surface area contributed by atoms with Crippen molar-refractivity contribution in [3.05, 3.63) is 54.4 Å². The van der Waals surface area contributed by atoms with Crippen molar-refractivity contribution in [2.75, 3.05) is 6.54 Å². The van der Waals surface area contributed by atoms with Crippen LogP contribution in [0.3, 0.4) is 0 Å². The summed E-state index contributed by atoms with van der Waals surface area (Å²) in [5.74, 6) is -1.76. The van der Waals surface area contributed by atoms with Gasteiger partial charge >= 0.3 is 0 Å². The molecule has 0 bridgehead atoms. The van der Waals surface area contributed by atoms with Crippen molar-refractivity contribution >= 4 is 11.7 Å². The highest BCUT2D eigenvalue weighted by molar-refractivity contribution is 6.39. The summed E-state index contributed by atoms with van der Waals surface area (Å²) in [6.45, 7) is 2.97. The molecule has 1 aliphatic heterocycles. The van der Waals surface area contributed by atoms with E-state index in [1.807, 2.05) is 17.7 Å². The molecule has 0 N–H and O–H groups in total. The number of amides is 1. The number of hydrogen-bond donors (Lipinski definition) is 0. The number of benzene rings is 1. The molecule has 0 spiro atoms. The summed E-state index contributed by atoms with van der Waals surface area (Å²) < 4.78 is 16.2. The van der Waals surface area contributed by atoms with Crippen LogP contribution >= 0.6 is 0 Å². The number of likely N-dealkylation sites (tertiary alicyclic amines) is 1. The first-order chi connectivity index (χ1) is 11.6. The smallest absolute Gasteiger partial charge is 0.290 e. The van der Waals surface area contributed by atoms with Gasteiger partial charge in [-0.3, -0.25) is 9.59 Å². The topological polar surface area (TPSA) is 55.2 Å². The van der Waals surface area contributed by atoms with Gasteiger partial charge < -0.3 is 9.47 Å². The third-order valence-corrected chi connectivity index (χ3v) is 4.56. The Balaban J connectivity index is 1.82. The second-order valence-corrected chi connectivity index (χ2v) is 6.00. The molecule has 1 aliphatic rings. The number of nitrogens with zero attached hydrogens (tertiary/aromatic N) is 3. The van der Waals surface area contributed by atoms with E-state index in [0.29, 0.717) is 31.5 Å². The molecule has 1 saturated heterocycles. The van der Waals surface area contributed by atoms with E-state index in [9.17, 15) is 14.0 Å². The number of aryl methyl sites for hydroxylation is 1. The zero-order valence-corrected chi connectivity index (χ0v) is 13.6. The molecule has 1 amide bonds. The van der Waals surface area contributed by atoms with E-state index in [0.717, 1.165) is 0 Å². The predicted octanol–water partition coefficient (Wildman–Crippen LogP) is 2.59. The third kappa shape index (κ3) is 2.96. The first-order valence-electron chi connectivity index (χ1n) is 8.18. The van der Waals surface area contributed by atoms with E-state index in [1.54, 1.807) is 30.7 Å². The number of halogens is 1. The van der Waals surface area contributed by atoms with Gasteiger partial charge in [0.2, 0.25) is 5.78 Å². The summed E-state index contributed by atoms with van der Waals surface area (Å²) in [5.41, 5.74) is 0.422. The summed E-state index contributed by atoms with van der Waals surface area (Å²) in [4.78, 5) is 30.2. The summed E-state index contributed by atoms with van der Waals surface area (Å²) in [6.07, 6.45) is 6.44. The SMILES string of the molecule is CCC1C(=O)C(=O)N(CCCn2ccnc2)C1c1ccccc1F. The van der Waals surface area contributed by atoms with Crippen LogP contribution in [0.1, 0.15) is 31.4 Å². The van der Waals surface area contributed by atoms with E-state index < -0.39 is 23.7 Å². The molecule has 1 fully saturated rings. The van der Waals surface area contributed by atoms with Gasteiger partial charge in [-0.1, -0.05) is 25.1 Å². The monoisotopic (exact) mass is 329 g/mol. The van der Waals surface area contributed by atoms with Gasteiger partial charge in [0.25, 0.3) is 5.91 Å². The van der Waals surface area contributed by atoms with Gasteiger partial charge in [-0.15, -0.1) is 0 Å². The molecular formula is C18H20FN3O2. The molecule has 2 atom stereocenters. The highest BCUT2D eigenvalue weighted by atomic mass is 19.1. The molecular weight excluding hydrogens is 309 g/mol. The van der Waals surface area contributed by atoms with E-state index >= 15 is 0 Å². The van der Waals surface area contributed by atoms with Gasteiger partial charge in [0, 0.05) is 31.0 Å². The number of rotatable bonds is 6. The van der Waals surface area contributed by atoms with Crippen molar-refractivity contribution in [2.45, 2.75) is 32.4 Å². The Bertz CT molecular complexity index is 730. The van der Waals surface area contributed by atoms with Crippen molar-refractivity contribution in [1.82, 2.24) is 14.5 Å². The number of aromatic nitrogens is 2. The number of carbonyl (C=O) groups excluding carboxylic acids is 2. The summed E-state index contributed by atoms with van der Waals surface area (Å²) >= 11 is 0. The number of imidazole rings is 1. The normalized spacial score (nSPS) is 20.8. The maximum absolute atomic E-state index is 14.3. The molecule has 6 heteroatoms. The first-order valence-corrected chi connectivity index (χ1v) is 8.18. The lowest BCUT2D eigenvalue weighted by molar-refractivity contribution is -0.141. The molecule has 2 heterocycles. The van der Waals surface area contributed by atoms with Crippen LogP contribution in [-0.2, 0) is 16.1 Å². The van der Waals surface area contributed by atoms with Crippen LogP contribution in [0.4, 0.5) is 4.39 Å². The van der Waals surface area contributed by atoms with E-state index in [4.69, 9.17) is 0 Å². The molecule has 1 aromatic carbocycles. The molecule has 2 unspecified atom stereocenters. The van der Waals surface area contributed by atoms with Crippen LogP contribution in [0.15, 0.2) is 43.0 Å². The van der Waals surface area contributed by atoms with Gasteiger partial charge in [-0.2, -0.15) is 0 Å². The van der Waals surface area contributed by atoms with Crippen molar-refractivity contribution in [3.8, 4) is 0 Å². The fraction of sp³-hybridized carbons (Fsp3) is 0.389. The highest BCUT2D eigenvalue weighted by Gasteiger charge is 2.47. The van der Waals surface area contributed by atoms with Crippen LogP contribution in [0.2, 0.25) is 0 Å². The Morgan fingerprint density at radius 2 is 2.00 bits per heavy atom. The van der Waals surface area contributed by atoms with Crippen molar-refractivity contribution in [3.63, 3.8) is 0 Å². The Labute approximate surface area is 140 Å². The summed E-state index contributed by atoms with van der Waals surface area (Å²) in [7, 11) is 0. The zero-order valence-electron chi connectivity index (χ0n) is 13.6. The lowest BCUT2D eigenvalue weighted by Gasteiger charge is -2.27. The average molecular weight is 329 g/mol. The van der Waals surface area contributed by atoms with Crippen molar-refractivity contribution in [2.24, 2.45) is 5.92 Å². The molecule has 126 valence electrons. The van der Waals surface area contributed by atoms with Gasteiger partial charge in [-0.05, 0) is 18.9 Å². The quantitative estimate of drug-likeness (QED) is 0.766. The van der Waals surface area contributed by atoms with Crippen LogP contribution in [-0.4, -0.2) is 32.7 Å². The second kappa shape index (κ2) is 6.95. The van der Waals surface area contributed by atoms with Gasteiger partial charge in [-0.25, -0.2) is 9.37 Å². The van der Waals surface area contributed by atoms with Gasteiger partial charge in [0.05, 0.1) is 18.3 Å². The Morgan fingerprint density at radius 1 is 1.21 bits per heavy atom. The fourth-order valence-corrected chi connectivity index (χ4v) is 3.38. The van der Waals surface area contributed by atoms with Gasteiger partial charge in [0.1, 0.15) is 5.82 Å². The lowest BCUT2D eigenvalue weighted by atomic mass is 9.90. The Morgan fingerprint density at radius 3 is 2.67 bits per heavy atom. The summed E-state index contributed by atoms with van der Waals surface area (Å²) in [6, 6.07) is 5.87. The van der Waals surface area contributed by atoms with E-state index in [-0.39, 0.29) is 5.82 Å².